The van der Waals surface area contributed by atoms with Crippen molar-refractivity contribution in [2.45, 2.75) is 0 Å². The summed E-state index contributed by atoms with van der Waals surface area (Å²) in [6.07, 6.45) is 3.73. The van der Waals surface area contributed by atoms with Crippen molar-refractivity contribution in [2.24, 2.45) is 0 Å². The van der Waals surface area contributed by atoms with Crippen molar-refractivity contribution in [2.75, 3.05) is 0 Å². The molecule has 9 aromatic rings. The highest BCUT2D eigenvalue weighted by Gasteiger charge is 2.17. The van der Waals surface area contributed by atoms with Gasteiger partial charge in [0, 0.05) is 45.1 Å². The first kappa shape index (κ1) is 22.3. The fraction of sp³-hybridized carbons (Fsp3) is 0. The average molecular weight is 523 g/mol. The van der Waals surface area contributed by atoms with Crippen LogP contribution in [-0.4, -0.2) is 9.97 Å². The van der Waals surface area contributed by atoms with Crippen molar-refractivity contribution in [1.82, 2.24) is 9.97 Å². The number of benzene rings is 6. The molecule has 0 atom stereocenters. The van der Waals surface area contributed by atoms with Crippen molar-refractivity contribution in [3.05, 3.63) is 134 Å². The number of nitrogens with zero attached hydrogens (tertiary/aromatic N) is 2. The maximum absolute atomic E-state index is 6.77. The van der Waals surface area contributed by atoms with Crippen LogP contribution in [0.3, 0.4) is 0 Å². The third kappa shape index (κ3) is 3.20. The molecule has 0 amide bonds. The van der Waals surface area contributed by atoms with Gasteiger partial charge in [-0.15, -0.1) is 0 Å². The fourth-order valence-electron chi connectivity index (χ4n) is 6.60. The van der Waals surface area contributed by atoms with Crippen molar-refractivity contribution in [3.63, 3.8) is 0 Å². The van der Waals surface area contributed by atoms with Gasteiger partial charge in [0.1, 0.15) is 11.2 Å². The highest BCUT2D eigenvalue weighted by atomic mass is 16.3. The summed E-state index contributed by atoms with van der Waals surface area (Å²) in [4.78, 5) is 9.50. The highest BCUT2D eigenvalue weighted by Crippen LogP contribution is 2.43. The van der Waals surface area contributed by atoms with E-state index in [1.807, 2.05) is 24.5 Å². The van der Waals surface area contributed by atoms with Crippen LogP contribution in [0.1, 0.15) is 0 Å². The molecule has 3 heteroatoms. The van der Waals surface area contributed by atoms with Gasteiger partial charge in [0.2, 0.25) is 0 Å². The molecule has 0 radical (unpaired) electrons. The molecular weight excluding hydrogens is 500 g/mol. The molecule has 0 aliphatic rings. The molecule has 0 saturated carbocycles. The summed E-state index contributed by atoms with van der Waals surface area (Å²) in [5, 5.41) is 9.15. The Hall–Kier alpha value is -5.54. The van der Waals surface area contributed by atoms with Gasteiger partial charge in [-0.05, 0) is 69.1 Å². The van der Waals surface area contributed by atoms with Gasteiger partial charge >= 0.3 is 0 Å². The lowest BCUT2D eigenvalue weighted by Gasteiger charge is -2.11. The van der Waals surface area contributed by atoms with Crippen LogP contribution in [0.25, 0.3) is 87.5 Å². The molecule has 9 rings (SSSR count). The van der Waals surface area contributed by atoms with Crippen LogP contribution in [0.15, 0.2) is 138 Å². The van der Waals surface area contributed by atoms with Crippen molar-refractivity contribution >= 4 is 65.3 Å². The fourth-order valence-corrected chi connectivity index (χ4v) is 6.60. The highest BCUT2D eigenvalue weighted by molar-refractivity contribution is 6.27. The standard InChI is InChI=1S/C38H22N2O/c1-7-23-9-5-21-39-37(23)31(15-1)25-17-19-33-35-27(25)11-3-13-29(35)30-14-4-12-28-26(18-20-34(41-33)36(28)30)32-16-2-8-24-10-6-22-40-38(24)32/h1-22H. The van der Waals surface area contributed by atoms with Gasteiger partial charge in [0.15, 0.2) is 0 Å². The Morgan fingerprint density at radius 1 is 0.366 bits per heavy atom. The third-order valence-electron chi connectivity index (χ3n) is 8.36. The predicted molar refractivity (Wildman–Crippen MR) is 170 cm³/mol. The van der Waals surface area contributed by atoms with Gasteiger partial charge in [-0.2, -0.15) is 0 Å². The summed E-state index contributed by atoms with van der Waals surface area (Å²) in [6.45, 7) is 0. The van der Waals surface area contributed by atoms with Gasteiger partial charge in [-0.3, -0.25) is 9.97 Å². The van der Waals surface area contributed by atoms with E-state index in [2.05, 4.69) is 109 Å². The van der Waals surface area contributed by atoms with Gasteiger partial charge in [-0.25, -0.2) is 0 Å². The first-order chi connectivity index (χ1) is 20.3. The number of pyridine rings is 2. The first-order valence-corrected chi connectivity index (χ1v) is 13.8. The predicted octanol–water partition coefficient (Wildman–Crippen LogP) is 10.3. The Morgan fingerprint density at radius 3 is 1.32 bits per heavy atom. The zero-order valence-corrected chi connectivity index (χ0v) is 22.0. The van der Waals surface area contributed by atoms with Crippen LogP contribution < -0.4 is 0 Å². The molecule has 3 nitrogen and oxygen atoms in total. The zero-order valence-electron chi connectivity index (χ0n) is 22.0. The van der Waals surface area contributed by atoms with Crippen LogP contribution >= 0.6 is 0 Å². The number of hydrogen-bond acceptors (Lipinski definition) is 3. The summed E-state index contributed by atoms with van der Waals surface area (Å²) in [5.41, 5.74) is 8.29. The molecule has 0 spiro atoms. The molecule has 0 saturated heterocycles. The molecule has 0 fully saturated rings. The maximum atomic E-state index is 6.77. The van der Waals surface area contributed by atoms with E-state index >= 15 is 0 Å². The summed E-state index contributed by atoms with van der Waals surface area (Å²) in [6, 6.07) is 42.7. The monoisotopic (exact) mass is 522 g/mol. The first-order valence-electron chi connectivity index (χ1n) is 13.8. The Bertz CT molecular complexity index is 2300. The van der Waals surface area contributed by atoms with Gasteiger partial charge in [0.05, 0.1) is 11.0 Å². The maximum Gasteiger partial charge on any atom is 0.135 e. The zero-order chi connectivity index (χ0) is 26.9. The number of aromatic nitrogens is 2. The minimum atomic E-state index is 0.865. The average Bonchev–Trinajstić information content (AvgIpc) is 3.18. The smallest absolute Gasteiger partial charge is 0.135 e. The molecule has 3 heterocycles. The number of rotatable bonds is 2. The van der Waals surface area contributed by atoms with Crippen LogP contribution in [0.5, 0.6) is 0 Å². The minimum Gasteiger partial charge on any atom is -0.456 e. The minimum absolute atomic E-state index is 0.865. The number of fused-ring (bicyclic) bond motifs is 3. The van der Waals surface area contributed by atoms with E-state index in [9.17, 15) is 0 Å². The lowest BCUT2D eigenvalue weighted by Crippen LogP contribution is -1.87. The van der Waals surface area contributed by atoms with Crippen LogP contribution in [0.2, 0.25) is 0 Å². The van der Waals surface area contributed by atoms with Crippen LogP contribution in [-0.2, 0) is 0 Å². The quantitative estimate of drug-likeness (QED) is 0.227. The Morgan fingerprint density at radius 2 is 0.805 bits per heavy atom. The Labute approximate surface area is 235 Å². The van der Waals surface area contributed by atoms with Gasteiger partial charge in [-0.1, -0.05) is 84.9 Å². The molecule has 6 aromatic carbocycles. The summed E-state index contributed by atoms with van der Waals surface area (Å²) in [7, 11) is 0. The molecular formula is C38H22N2O. The third-order valence-corrected chi connectivity index (χ3v) is 8.36. The molecule has 190 valence electrons. The van der Waals surface area contributed by atoms with Crippen molar-refractivity contribution in [1.29, 1.82) is 0 Å². The topological polar surface area (TPSA) is 38.9 Å². The summed E-state index contributed by atoms with van der Waals surface area (Å²) in [5.74, 6) is 0. The molecule has 0 unspecified atom stereocenters. The van der Waals surface area contributed by atoms with Gasteiger partial charge < -0.3 is 4.42 Å². The van der Waals surface area contributed by atoms with E-state index in [0.717, 1.165) is 76.8 Å². The lowest BCUT2D eigenvalue weighted by molar-refractivity contribution is 0.664. The van der Waals surface area contributed by atoms with Crippen molar-refractivity contribution < 1.29 is 4.42 Å². The SMILES string of the molecule is c1cnc2c(-c3ccc4oc5ccc(-c6cccc7cccnc67)c6cccc(c7cccc3c47)c56)cccc2c1. The molecule has 0 aliphatic heterocycles. The van der Waals surface area contributed by atoms with Crippen molar-refractivity contribution in [3.8, 4) is 22.3 Å². The second-order valence-electron chi connectivity index (χ2n) is 10.5. The van der Waals surface area contributed by atoms with E-state index in [1.165, 1.54) is 10.8 Å². The van der Waals surface area contributed by atoms with Gasteiger partial charge in [0.25, 0.3) is 0 Å². The van der Waals surface area contributed by atoms with E-state index in [1.54, 1.807) is 0 Å². The molecule has 0 aliphatic carbocycles. The molecule has 3 aromatic heterocycles. The lowest BCUT2D eigenvalue weighted by atomic mass is 9.91. The largest absolute Gasteiger partial charge is 0.456 e. The second kappa shape index (κ2) is 8.48. The molecule has 0 N–H and O–H groups in total. The summed E-state index contributed by atoms with van der Waals surface area (Å²) >= 11 is 0. The summed E-state index contributed by atoms with van der Waals surface area (Å²) < 4.78 is 6.77. The normalized spacial score (nSPS) is 11.9. The second-order valence-corrected chi connectivity index (χ2v) is 10.5. The van der Waals surface area contributed by atoms with E-state index < -0.39 is 0 Å². The van der Waals surface area contributed by atoms with Crippen LogP contribution in [0.4, 0.5) is 0 Å². The van der Waals surface area contributed by atoms with E-state index in [-0.39, 0.29) is 0 Å². The van der Waals surface area contributed by atoms with E-state index in [0.29, 0.717) is 0 Å². The number of para-hydroxylation sites is 2. The Kier molecular flexibility index (Phi) is 4.61. The molecule has 41 heavy (non-hydrogen) atoms. The molecule has 0 bridgehead atoms. The Balaban J connectivity index is 1.41. The number of hydrogen-bond donors (Lipinski definition) is 0. The van der Waals surface area contributed by atoms with Crippen LogP contribution in [0, 0.1) is 0 Å². The van der Waals surface area contributed by atoms with E-state index in [4.69, 9.17) is 14.4 Å².